The first kappa shape index (κ1) is 13.2. The van der Waals surface area contributed by atoms with E-state index in [4.69, 9.17) is 16.9 Å². The summed E-state index contributed by atoms with van der Waals surface area (Å²) in [5.74, 6) is 0.106. The van der Waals surface area contributed by atoms with Crippen LogP contribution < -0.4 is 0 Å². The molecule has 1 saturated carbocycles. The van der Waals surface area contributed by atoms with E-state index in [0.717, 1.165) is 16.9 Å². The van der Waals surface area contributed by atoms with Crippen LogP contribution in [0.15, 0.2) is 35.4 Å². The van der Waals surface area contributed by atoms with Crippen LogP contribution in [-0.2, 0) is 10.0 Å². The van der Waals surface area contributed by atoms with Crippen LogP contribution in [0.4, 0.5) is 0 Å². The molecule has 0 unspecified atom stereocenters. The molecule has 0 saturated heterocycles. The van der Waals surface area contributed by atoms with Crippen LogP contribution in [0.2, 0.25) is 5.02 Å². The summed E-state index contributed by atoms with van der Waals surface area (Å²) in [6.07, 6.45) is 3.08. The topological polar surface area (TPSA) is 75.8 Å². The fourth-order valence-electron chi connectivity index (χ4n) is 2.06. The minimum atomic E-state index is -3.78. The maximum absolute atomic E-state index is 12.6. The lowest BCUT2D eigenvalue weighted by Gasteiger charge is -2.08. The highest BCUT2D eigenvalue weighted by Gasteiger charge is 2.34. The number of aromatic nitrogens is 2. The van der Waals surface area contributed by atoms with Gasteiger partial charge in [0.15, 0.2) is 0 Å². The summed E-state index contributed by atoms with van der Waals surface area (Å²) in [4.78, 5) is 0.108. The van der Waals surface area contributed by atoms with Crippen molar-refractivity contribution in [1.82, 2.24) is 9.19 Å². The van der Waals surface area contributed by atoms with Gasteiger partial charge in [0, 0.05) is 10.9 Å². The van der Waals surface area contributed by atoms with Gasteiger partial charge in [-0.25, -0.2) is 0 Å². The molecule has 0 amide bonds. The monoisotopic (exact) mass is 307 g/mol. The summed E-state index contributed by atoms with van der Waals surface area (Å²) >= 11 is 5.77. The maximum atomic E-state index is 12.6. The predicted molar refractivity (Wildman–Crippen MR) is 73.0 cm³/mol. The van der Waals surface area contributed by atoms with Gasteiger partial charge in [-0.3, -0.25) is 0 Å². The summed E-state index contributed by atoms with van der Waals surface area (Å²) in [6, 6.07) is 7.89. The van der Waals surface area contributed by atoms with Crippen LogP contribution in [0, 0.1) is 11.3 Å². The number of hydrogen-bond acceptors (Lipinski definition) is 4. The highest BCUT2D eigenvalue weighted by molar-refractivity contribution is 7.89. The van der Waals surface area contributed by atoms with E-state index in [-0.39, 0.29) is 10.8 Å². The third-order valence-electron chi connectivity index (χ3n) is 3.20. The predicted octanol–water partition coefficient (Wildman–Crippen LogP) is 2.52. The zero-order chi connectivity index (χ0) is 14.3. The number of hydrogen-bond donors (Lipinski definition) is 0. The molecule has 0 bridgehead atoms. The molecule has 1 aromatic heterocycles. The summed E-state index contributed by atoms with van der Waals surface area (Å²) in [5.41, 5.74) is 0.812. The zero-order valence-electron chi connectivity index (χ0n) is 10.3. The van der Waals surface area contributed by atoms with Crippen molar-refractivity contribution in [1.29, 1.82) is 5.26 Å². The molecule has 1 aliphatic carbocycles. The zero-order valence-corrected chi connectivity index (χ0v) is 11.9. The first-order valence-corrected chi connectivity index (χ1v) is 7.85. The fraction of sp³-hybridized carbons (Fsp3) is 0.231. The van der Waals surface area contributed by atoms with E-state index >= 15 is 0 Å². The van der Waals surface area contributed by atoms with E-state index in [1.54, 1.807) is 0 Å². The standard InChI is InChI=1S/C13H10ClN3O2S/c14-11-3-5-12(6-4-11)20(18,19)17-13(9-1-2-9)10(7-15)8-16-17/h3-6,8-9H,1-2H2. The summed E-state index contributed by atoms with van der Waals surface area (Å²) in [5, 5.41) is 13.4. The van der Waals surface area contributed by atoms with Crippen LogP contribution in [0.1, 0.15) is 30.0 Å². The summed E-state index contributed by atoms with van der Waals surface area (Å²) < 4.78 is 26.1. The summed E-state index contributed by atoms with van der Waals surface area (Å²) in [6.45, 7) is 0. The molecule has 2 aromatic rings. The Balaban J connectivity index is 2.15. The van der Waals surface area contributed by atoms with Crippen LogP contribution in [0.3, 0.4) is 0 Å². The normalized spacial score (nSPS) is 15.0. The average molecular weight is 308 g/mol. The van der Waals surface area contributed by atoms with E-state index in [9.17, 15) is 8.42 Å². The highest BCUT2D eigenvalue weighted by atomic mass is 35.5. The Kier molecular flexibility index (Phi) is 3.04. The van der Waals surface area contributed by atoms with E-state index in [0.29, 0.717) is 16.3 Å². The molecule has 0 N–H and O–H groups in total. The lowest BCUT2D eigenvalue weighted by atomic mass is 10.2. The summed E-state index contributed by atoms with van der Waals surface area (Å²) in [7, 11) is -3.78. The fourth-order valence-corrected chi connectivity index (χ4v) is 3.54. The van der Waals surface area contributed by atoms with Crippen molar-refractivity contribution in [3.8, 4) is 6.07 Å². The van der Waals surface area contributed by atoms with Crippen LogP contribution in [0.5, 0.6) is 0 Å². The van der Waals surface area contributed by atoms with E-state index in [1.807, 2.05) is 6.07 Å². The lowest BCUT2D eigenvalue weighted by Crippen LogP contribution is -2.17. The van der Waals surface area contributed by atoms with Crippen molar-refractivity contribution >= 4 is 21.6 Å². The lowest BCUT2D eigenvalue weighted by molar-refractivity contribution is 0.576. The molecule has 20 heavy (non-hydrogen) atoms. The minimum Gasteiger partial charge on any atom is -0.199 e. The molecular formula is C13H10ClN3O2S. The Morgan fingerprint density at radius 3 is 2.50 bits per heavy atom. The van der Waals surface area contributed by atoms with Crippen molar-refractivity contribution < 1.29 is 8.42 Å². The molecule has 1 aromatic carbocycles. The second kappa shape index (κ2) is 4.62. The molecule has 0 spiro atoms. The van der Waals surface area contributed by atoms with Gasteiger partial charge in [-0.2, -0.15) is 22.9 Å². The molecule has 102 valence electrons. The van der Waals surface area contributed by atoms with E-state index in [2.05, 4.69) is 5.10 Å². The van der Waals surface area contributed by atoms with Gasteiger partial charge >= 0.3 is 0 Å². The first-order chi connectivity index (χ1) is 9.54. The molecule has 7 heteroatoms. The Morgan fingerprint density at radius 2 is 1.95 bits per heavy atom. The van der Waals surface area contributed by atoms with Crippen LogP contribution in [0.25, 0.3) is 0 Å². The molecule has 3 rings (SSSR count). The van der Waals surface area contributed by atoms with Crippen LogP contribution >= 0.6 is 11.6 Å². The maximum Gasteiger partial charge on any atom is 0.283 e. The van der Waals surface area contributed by atoms with Crippen molar-refractivity contribution in [2.75, 3.05) is 0 Å². The first-order valence-electron chi connectivity index (χ1n) is 6.03. The quantitative estimate of drug-likeness (QED) is 0.873. The van der Waals surface area contributed by atoms with Gasteiger partial charge in [0.25, 0.3) is 10.0 Å². The van der Waals surface area contributed by atoms with Gasteiger partial charge in [0.2, 0.25) is 0 Å². The number of nitriles is 1. The van der Waals surface area contributed by atoms with Crippen molar-refractivity contribution in [3.05, 3.63) is 46.7 Å². The molecule has 1 aliphatic rings. The molecule has 0 radical (unpaired) electrons. The van der Waals surface area contributed by atoms with Gasteiger partial charge in [-0.05, 0) is 37.1 Å². The second-order valence-corrected chi connectivity index (χ2v) is 6.84. The van der Waals surface area contributed by atoms with Gasteiger partial charge in [-0.1, -0.05) is 11.6 Å². The van der Waals surface area contributed by atoms with E-state index in [1.165, 1.54) is 30.5 Å². The highest BCUT2D eigenvalue weighted by Crippen LogP contribution is 2.42. The number of nitrogens with zero attached hydrogens (tertiary/aromatic N) is 3. The third kappa shape index (κ3) is 2.09. The van der Waals surface area contributed by atoms with E-state index < -0.39 is 10.0 Å². The number of halogens is 1. The van der Waals surface area contributed by atoms with Crippen molar-refractivity contribution in [3.63, 3.8) is 0 Å². The number of benzene rings is 1. The Hall–Kier alpha value is -1.84. The van der Waals surface area contributed by atoms with Crippen molar-refractivity contribution in [2.45, 2.75) is 23.7 Å². The molecular weight excluding hydrogens is 298 g/mol. The minimum absolute atomic E-state index is 0.106. The largest absolute Gasteiger partial charge is 0.283 e. The van der Waals surface area contributed by atoms with Crippen LogP contribution in [-0.4, -0.2) is 17.6 Å². The van der Waals surface area contributed by atoms with Crippen molar-refractivity contribution in [2.24, 2.45) is 0 Å². The SMILES string of the molecule is N#Cc1cnn(S(=O)(=O)c2ccc(Cl)cc2)c1C1CC1. The Labute approximate surface area is 121 Å². The molecule has 1 heterocycles. The van der Waals surface area contributed by atoms with Gasteiger partial charge in [0.05, 0.1) is 22.3 Å². The molecule has 1 fully saturated rings. The second-order valence-electron chi connectivity index (χ2n) is 4.63. The smallest absolute Gasteiger partial charge is 0.199 e. The molecule has 0 atom stereocenters. The Morgan fingerprint density at radius 1 is 1.30 bits per heavy atom. The van der Waals surface area contributed by atoms with Gasteiger partial charge in [0.1, 0.15) is 6.07 Å². The molecule has 0 aliphatic heterocycles. The number of rotatable bonds is 3. The van der Waals surface area contributed by atoms with Gasteiger partial charge in [-0.15, -0.1) is 0 Å². The molecule has 5 nitrogen and oxygen atoms in total. The third-order valence-corrected chi connectivity index (χ3v) is 5.06. The average Bonchev–Trinajstić information content (AvgIpc) is 3.17. The van der Waals surface area contributed by atoms with Gasteiger partial charge < -0.3 is 0 Å². The Bertz CT molecular complexity index is 799.